The van der Waals surface area contributed by atoms with Crippen molar-refractivity contribution in [2.75, 3.05) is 5.32 Å². The maximum absolute atomic E-state index is 3.48. The Morgan fingerprint density at radius 2 is 2.14 bits per heavy atom. The Morgan fingerprint density at radius 3 is 3.00 bits per heavy atom. The topological polar surface area (TPSA) is 27.8 Å². The summed E-state index contributed by atoms with van der Waals surface area (Å²) in [6.07, 6.45) is 1.14. The van der Waals surface area contributed by atoms with Crippen molar-refractivity contribution in [3.05, 3.63) is 29.5 Å². The van der Waals surface area contributed by atoms with Crippen molar-refractivity contribution in [2.45, 2.75) is 26.3 Å². The molecular weight excluding hydrogens is 172 g/mol. The Balaban J connectivity index is 2.25. The maximum Gasteiger partial charge on any atom is 0.0460 e. The molecule has 0 radical (unpaired) electrons. The van der Waals surface area contributed by atoms with Gasteiger partial charge in [-0.15, -0.1) is 0 Å². The van der Waals surface area contributed by atoms with E-state index in [9.17, 15) is 0 Å². The van der Waals surface area contributed by atoms with Crippen LogP contribution in [-0.4, -0.2) is 11.0 Å². The van der Waals surface area contributed by atoms with Crippen molar-refractivity contribution >= 4 is 16.6 Å². The minimum absolute atomic E-state index is 0.581. The van der Waals surface area contributed by atoms with E-state index in [1.54, 1.807) is 0 Å². The lowest BCUT2D eigenvalue weighted by Gasteiger charge is -2.01. The molecule has 14 heavy (non-hydrogen) atoms. The molecule has 0 fully saturated rings. The normalized spacial score (nSPS) is 19.7. The third-order valence-electron chi connectivity index (χ3n) is 2.91. The molecule has 1 atom stereocenters. The van der Waals surface area contributed by atoms with Crippen molar-refractivity contribution in [2.24, 2.45) is 0 Å². The van der Waals surface area contributed by atoms with E-state index in [1.807, 2.05) is 0 Å². The van der Waals surface area contributed by atoms with Crippen LogP contribution in [0.1, 0.15) is 18.2 Å². The first-order valence-corrected chi connectivity index (χ1v) is 5.11. The van der Waals surface area contributed by atoms with Gasteiger partial charge in [0.05, 0.1) is 0 Å². The molecule has 0 spiro atoms. The zero-order valence-electron chi connectivity index (χ0n) is 8.52. The van der Waals surface area contributed by atoms with Crippen molar-refractivity contribution in [3.63, 3.8) is 0 Å². The summed E-state index contributed by atoms with van der Waals surface area (Å²) < 4.78 is 0. The van der Waals surface area contributed by atoms with E-state index >= 15 is 0 Å². The zero-order valence-corrected chi connectivity index (χ0v) is 8.52. The molecule has 3 rings (SSSR count). The minimum atomic E-state index is 0.581. The molecule has 0 aliphatic carbocycles. The highest BCUT2D eigenvalue weighted by atomic mass is 14.9. The second-order valence-corrected chi connectivity index (χ2v) is 4.30. The van der Waals surface area contributed by atoms with Crippen LogP contribution < -0.4 is 5.32 Å². The lowest BCUT2D eigenvalue weighted by atomic mass is 10.1. The summed E-state index contributed by atoms with van der Waals surface area (Å²) in [5, 5.41) is 4.79. The summed E-state index contributed by atoms with van der Waals surface area (Å²) in [4.78, 5) is 3.38. The van der Waals surface area contributed by atoms with Crippen LogP contribution in [0, 0.1) is 6.92 Å². The molecule has 1 unspecified atom stereocenters. The van der Waals surface area contributed by atoms with Gasteiger partial charge in [0, 0.05) is 28.3 Å². The van der Waals surface area contributed by atoms with Gasteiger partial charge in [-0.1, -0.05) is 0 Å². The van der Waals surface area contributed by atoms with E-state index in [0.29, 0.717) is 6.04 Å². The summed E-state index contributed by atoms with van der Waals surface area (Å²) in [7, 11) is 0. The van der Waals surface area contributed by atoms with E-state index < -0.39 is 0 Å². The molecule has 1 aromatic carbocycles. The highest BCUT2D eigenvalue weighted by Gasteiger charge is 2.17. The molecule has 0 bridgehead atoms. The molecule has 2 nitrogen and oxygen atoms in total. The average molecular weight is 186 g/mol. The number of benzene rings is 1. The van der Waals surface area contributed by atoms with Crippen LogP contribution in [0.4, 0.5) is 5.69 Å². The molecule has 2 heterocycles. The number of hydrogen-bond donors (Lipinski definition) is 2. The van der Waals surface area contributed by atoms with E-state index in [4.69, 9.17) is 0 Å². The third kappa shape index (κ3) is 1.03. The number of hydrogen-bond acceptors (Lipinski definition) is 1. The second-order valence-electron chi connectivity index (χ2n) is 4.30. The van der Waals surface area contributed by atoms with Crippen LogP contribution in [0.15, 0.2) is 18.2 Å². The van der Waals surface area contributed by atoms with Gasteiger partial charge in [-0.25, -0.2) is 0 Å². The fraction of sp³-hybridized carbons (Fsp3) is 0.333. The highest BCUT2D eigenvalue weighted by Crippen LogP contribution is 2.30. The van der Waals surface area contributed by atoms with Gasteiger partial charge >= 0.3 is 0 Å². The van der Waals surface area contributed by atoms with Crippen LogP contribution in [0.5, 0.6) is 0 Å². The predicted molar refractivity (Wildman–Crippen MR) is 59.8 cm³/mol. The van der Waals surface area contributed by atoms with E-state index in [0.717, 1.165) is 6.42 Å². The highest BCUT2D eigenvalue weighted by molar-refractivity contribution is 5.86. The molecule has 72 valence electrons. The minimum Gasteiger partial charge on any atom is -0.382 e. The first-order chi connectivity index (χ1) is 6.72. The number of aryl methyl sites for hydroxylation is 1. The lowest BCUT2D eigenvalue weighted by Crippen LogP contribution is -2.08. The van der Waals surface area contributed by atoms with Gasteiger partial charge in [-0.2, -0.15) is 0 Å². The molecule has 1 aliphatic rings. The van der Waals surface area contributed by atoms with E-state index in [1.165, 1.54) is 27.8 Å². The molecule has 1 aromatic heterocycles. The van der Waals surface area contributed by atoms with Crippen molar-refractivity contribution < 1.29 is 0 Å². The van der Waals surface area contributed by atoms with E-state index in [-0.39, 0.29) is 0 Å². The molecule has 2 heteroatoms. The Bertz CT molecular complexity index is 453. The van der Waals surface area contributed by atoms with Crippen LogP contribution in [0.2, 0.25) is 0 Å². The standard InChI is InChI=1S/C12H14N2/c1-7-3-9-5-12-10(4-8(2)14-12)6-11(9)13-7/h3,5-6,8,13-14H,4H2,1-2H3. The fourth-order valence-electron chi connectivity index (χ4n) is 2.32. The lowest BCUT2D eigenvalue weighted by molar-refractivity contribution is 0.839. The zero-order chi connectivity index (χ0) is 9.71. The predicted octanol–water partition coefficient (Wildman–Crippen LogP) is 2.83. The van der Waals surface area contributed by atoms with Gasteiger partial charge in [0.15, 0.2) is 0 Å². The fourth-order valence-corrected chi connectivity index (χ4v) is 2.32. The van der Waals surface area contributed by atoms with Crippen molar-refractivity contribution in [1.29, 1.82) is 0 Å². The SMILES string of the molecule is Cc1cc2cc3c(cc2[nH]1)CC(C)N3. The summed E-state index contributed by atoms with van der Waals surface area (Å²) in [6.45, 7) is 4.32. The summed E-state index contributed by atoms with van der Waals surface area (Å²) in [5.74, 6) is 0. The molecule has 1 aliphatic heterocycles. The van der Waals surface area contributed by atoms with E-state index in [2.05, 4.69) is 42.3 Å². The molecule has 2 N–H and O–H groups in total. The van der Waals surface area contributed by atoms with Crippen LogP contribution in [-0.2, 0) is 6.42 Å². The summed E-state index contributed by atoms with van der Waals surface area (Å²) >= 11 is 0. The van der Waals surface area contributed by atoms with Gasteiger partial charge < -0.3 is 10.3 Å². The summed E-state index contributed by atoms with van der Waals surface area (Å²) in [6, 6.07) is 7.30. The number of anilines is 1. The number of H-pyrrole nitrogens is 1. The Labute approximate surface area is 83.3 Å². The van der Waals surface area contributed by atoms with Gasteiger partial charge in [-0.05, 0) is 44.0 Å². The molecule has 0 saturated heterocycles. The van der Waals surface area contributed by atoms with Gasteiger partial charge in [0.1, 0.15) is 0 Å². The number of fused-ring (bicyclic) bond motifs is 2. The number of rotatable bonds is 0. The van der Waals surface area contributed by atoms with Gasteiger partial charge in [0.2, 0.25) is 0 Å². The first-order valence-electron chi connectivity index (χ1n) is 5.11. The van der Waals surface area contributed by atoms with Gasteiger partial charge in [-0.3, -0.25) is 0 Å². The summed E-state index contributed by atoms with van der Waals surface area (Å²) in [5.41, 5.74) is 5.24. The monoisotopic (exact) mass is 186 g/mol. The quantitative estimate of drug-likeness (QED) is 0.650. The Hall–Kier alpha value is -1.44. The van der Waals surface area contributed by atoms with Gasteiger partial charge in [0.25, 0.3) is 0 Å². The molecule has 0 amide bonds. The molecular formula is C12H14N2. The Kier molecular flexibility index (Phi) is 1.43. The average Bonchev–Trinajstić information content (AvgIpc) is 2.59. The Morgan fingerprint density at radius 1 is 1.29 bits per heavy atom. The van der Waals surface area contributed by atoms with Crippen LogP contribution in [0.3, 0.4) is 0 Å². The molecule has 0 saturated carbocycles. The molecule has 2 aromatic rings. The number of aromatic nitrogens is 1. The third-order valence-corrected chi connectivity index (χ3v) is 2.91. The van der Waals surface area contributed by atoms with Crippen LogP contribution in [0.25, 0.3) is 10.9 Å². The first kappa shape index (κ1) is 7.92. The van der Waals surface area contributed by atoms with Crippen molar-refractivity contribution in [3.8, 4) is 0 Å². The van der Waals surface area contributed by atoms with Crippen LogP contribution >= 0.6 is 0 Å². The number of aromatic amines is 1. The van der Waals surface area contributed by atoms with Crippen molar-refractivity contribution in [1.82, 2.24) is 4.98 Å². The maximum atomic E-state index is 3.48. The second kappa shape index (κ2) is 2.53. The smallest absolute Gasteiger partial charge is 0.0460 e. The number of nitrogens with one attached hydrogen (secondary N) is 2. The largest absolute Gasteiger partial charge is 0.382 e.